The molecule has 0 radical (unpaired) electrons. The van der Waals surface area contributed by atoms with Crippen molar-refractivity contribution in [1.82, 2.24) is 5.48 Å². The summed E-state index contributed by atoms with van der Waals surface area (Å²) in [7, 11) is 0. The third kappa shape index (κ3) is 2.95. The lowest BCUT2D eigenvalue weighted by molar-refractivity contribution is -0.126. The summed E-state index contributed by atoms with van der Waals surface area (Å²) in [5.74, 6) is -0.421. The molecule has 2 fully saturated rings. The van der Waals surface area contributed by atoms with E-state index in [9.17, 15) is 4.79 Å². The number of hydrogen-bond donors (Lipinski definition) is 2. The Kier molecular flexibility index (Phi) is 3.82. The molecule has 0 aromatic heterocycles. The number of carbonyl (C=O) groups is 1. The molecule has 1 amide bonds. The van der Waals surface area contributed by atoms with E-state index in [-0.39, 0.29) is 6.61 Å². The predicted molar refractivity (Wildman–Crippen MR) is 61.4 cm³/mol. The minimum atomic E-state index is -0.421. The molecule has 4 nitrogen and oxygen atoms in total. The van der Waals surface area contributed by atoms with Crippen LogP contribution in [0.1, 0.15) is 51.4 Å². The van der Waals surface area contributed by atoms with Crippen LogP contribution in [0.5, 0.6) is 0 Å². The van der Waals surface area contributed by atoms with Crippen molar-refractivity contribution in [3.63, 3.8) is 0 Å². The molecule has 2 aliphatic carbocycles. The molecule has 0 aliphatic heterocycles. The summed E-state index contributed by atoms with van der Waals surface area (Å²) in [4.78, 5) is 15.6. The van der Waals surface area contributed by atoms with E-state index >= 15 is 0 Å². The number of nitrogens with one attached hydrogen (secondary N) is 1. The molecule has 2 saturated carbocycles. The van der Waals surface area contributed by atoms with Gasteiger partial charge in [-0.3, -0.25) is 9.63 Å². The van der Waals surface area contributed by atoms with Crippen molar-refractivity contribution in [1.29, 1.82) is 0 Å². The minimum absolute atomic E-state index is 0.0261. The lowest BCUT2D eigenvalue weighted by Crippen LogP contribution is -2.38. The first kappa shape index (κ1) is 11.9. The number of carbonyl (C=O) groups excluding carboxylic acids is 1. The molecular weight excluding hydrogens is 204 g/mol. The maximum atomic E-state index is 10.5. The highest BCUT2D eigenvalue weighted by Crippen LogP contribution is 2.48. The van der Waals surface area contributed by atoms with E-state index in [1.807, 2.05) is 0 Å². The fraction of sp³-hybridized carbons (Fsp3) is 0.917. The molecule has 0 heterocycles. The standard InChI is InChI=1S/C12H22N2O2/c13-11(15)9-16-14-10-3-7-12(8-4-10)5-1-2-6-12/h10,14H,1-9H2,(H2,13,15). The van der Waals surface area contributed by atoms with Gasteiger partial charge >= 0.3 is 0 Å². The highest BCUT2D eigenvalue weighted by atomic mass is 16.6. The number of nitrogens with two attached hydrogens (primary N) is 1. The van der Waals surface area contributed by atoms with Gasteiger partial charge in [0.1, 0.15) is 6.61 Å². The molecule has 2 aliphatic rings. The predicted octanol–water partition coefficient (Wildman–Crippen LogP) is 1.50. The van der Waals surface area contributed by atoms with Crippen molar-refractivity contribution in [3.05, 3.63) is 0 Å². The molecule has 16 heavy (non-hydrogen) atoms. The van der Waals surface area contributed by atoms with Crippen LogP contribution in [0.3, 0.4) is 0 Å². The van der Waals surface area contributed by atoms with Crippen LogP contribution >= 0.6 is 0 Å². The lowest BCUT2D eigenvalue weighted by Gasteiger charge is -2.37. The maximum Gasteiger partial charge on any atom is 0.245 e. The maximum absolute atomic E-state index is 10.5. The van der Waals surface area contributed by atoms with E-state index in [0.717, 1.165) is 0 Å². The van der Waals surface area contributed by atoms with Crippen LogP contribution in [0.25, 0.3) is 0 Å². The van der Waals surface area contributed by atoms with Crippen molar-refractivity contribution in [2.75, 3.05) is 6.61 Å². The van der Waals surface area contributed by atoms with Gasteiger partial charge in [-0.1, -0.05) is 12.8 Å². The average molecular weight is 226 g/mol. The average Bonchev–Trinajstić information content (AvgIpc) is 2.70. The highest BCUT2D eigenvalue weighted by molar-refractivity contribution is 5.74. The summed E-state index contributed by atoms with van der Waals surface area (Å²) in [5, 5.41) is 0. The Morgan fingerprint density at radius 1 is 1.25 bits per heavy atom. The smallest absolute Gasteiger partial charge is 0.245 e. The van der Waals surface area contributed by atoms with Crippen LogP contribution < -0.4 is 11.2 Å². The Labute approximate surface area is 96.9 Å². The SMILES string of the molecule is NC(=O)CONC1CCC2(CCCC2)CC1. The molecule has 0 aromatic carbocycles. The summed E-state index contributed by atoms with van der Waals surface area (Å²) in [6.45, 7) is -0.0261. The van der Waals surface area contributed by atoms with Gasteiger partial charge in [0.15, 0.2) is 0 Å². The van der Waals surface area contributed by atoms with Gasteiger partial charge in [-0.05, 0) is 43.9 Å². The Bertz CT molecular complexity index is 239. The zero-order valence-electron chi connectivity index (χ0n) is 9.84. The first-order valence-corrected chi connectivity index (χ1v) is 6.36. The Balaban J connectivity index is 1.67. The van der Waals surface area contributed by atoms with Crippen molar-refractivity contribution >= 4 is 5.91 Å². The van der Waals surface area contributed by atoms with E-state index in [0.29, 0.717) is 11.5 Å². The molecule has 4 heteroatoms. The largest absolute Gasteiger partial charge is 0.368 e. The molecular formula is C12H22N2O2. The summed E-state index contributed by atoms with van der Waals surface area (Å²) in [6.07, 6.45) is 10.6. The number of rotatable bonds is 4. The number of hydroxylamine groups is 1. The molecule has 0 unspecified atom stereocenters. The van der Waals surface area contributed by atoms with Crippen LogP contribution in [0, 0.1) is 5.41 Å². The van der Waals surface area contributed by atoms with Gasteiger partial charge in [0.05, 0.1) is 0 Å². The van der Waals surface area contributed by atoms with Gasteiger partial charge < -0.3 is 5.73 Å². The quantitative estimate of drug-likeness (QED) is 0.714. The molecule has 0 saturated heterocycles. The van der Waals surface area contributed by atoms with Crippen LogP contribution in [-0.4, -0.2) is 18.6 Å². The summed E-state index contributed by atoms with van der Waals surface area (Å²) < 4.78 is 0. The van der Waals surface area contributed by atoms with Crippen LogP contribution in [0.2, 0.25) is 0 Å². The van der Waals surface area contributed by atoms with E-state index in [2.05, 4.69) is 5.48 Å². The van der Waals surface area contributed by atoms with E-state index < -0.39 is 5.91 Å². The fourth-order valence-corrected chi connectivity index (χ4v) is 3.20. The Morgan fingerprint density at radius 3 is 2.44 bits per heavy atom. The number of primary amides is 1. The Morgan fingerprint density at radius 2 is 1.88 bits per heavy atom. The monoisotopic (exact) mass is 226 g/mol. The van der Waals surface area contributed by atoms with Crippen LogP contribution in [0.15, 0.2) is 0 Å². The second kappa shape index (κ2) is 5.15. The van der Waals surface area contributed by atoms with E-state index in [1.54, 1.807) is 0 Å². The second-order valence-corrected chi connectivity index (χ2v) is 5.35. The van der Waals surface area contributed by atoms with Crippen molar-refractivity contribution in [3.8, 4) is 0 Å². The number of amides is 1. The van der Waals surface area contributed by atoms with Crippen LogP contribution in [-0.2, 0) is 9.63 Å². The van der Waals surface area contributed by atoms with Crippen molar-refractivity contribution in [2.24, 2.45) is 11.1 Å². The lowest BCUT2D eigenvalue weighted by atomic mass is 9.71. The van der Waals surface area contributed by atoms with Gasteiger partial charge in [0.2, 0.25) is 5.91 Å². The third-order valence-corrected chi connectivity index (χ3v) is 4.17. The molecule has 3 N–H and O–H groups in total. The van der Waals surface area contributed by atoms with Crippen molar-refractivity contribution in [2.45, 2.75) is 57.4 Å². The highest BCUT2D eigenvalue weighted by Gasteiger charge is 2.37. The molecule has 0 atom stereocenters. The van der Waals surface area contributed by atoms with Gasteiger partial charge in [-0.15, -0.1) is 0 Å². The molecule has 0 bridgehead atoms. The molecule has 1 spiro atoms. The topological polar surface area (TPSA) is 64.4 Å². The van der Waals surface area contributed by atoms with Crippen molar-refractivity contribution < 1.29 is 9.63 Å². The molecule has 2 rings (SSSR count). The minimum Gasteiger partial charge on any atom is -0.368 e. The van der Waals surface area contributed by atoms with E-state index in [4.69, 9.17) is 10.6 Å². The van der Waals surface area contributed by atoms with Gasteiger partial charge in [-0.2, -0.15) is 5.48 Å². The van der Waals surface area contributed by atoms with Gasteiger partial charge in [0, 0.05) is 6.04 Å². The second-order valence-electron chi connectivity index (χ2n) is 5.35. The first-order valence-electron chi connectivity index (χ1n) is 6.36. The molecule has 92 valence electrons. The third-order valence-electron chi connectivity index (χ3n) is 4.17. The normalized spacial score (nSPS) is 25.0. The summed E-state index contributed by atoms with van der Waals surface area (Å²) in [5.41, 5.74) is 8.61. The molecule has 0 aromatic rings. The zero-order chi connectivity index (χ0) is 11.4. The number of hydrogen-bond acceptors (Lipinski definition) is 3. The summed E-state index contributed by atoms with van der Waals surface area (Å²) >= 11 is 0. The van der Waals surface area contributed by atoms with E-state index in [1.165, 1.54) is 51.4 Å². The van der Waals surface area contributed by atoms with Gasteiger partial charge in [0.25, 0.3) is 0 Å². The zero-order valence-corrected chi connectivity index (χ0v) is 9.84. The summed E-state index contributed by atoms with van der Waals surface area (Å²) in [6, 6.07) is 0.408. The van der Waals surface area contributed by atoms with Gasteiger partial charge in [-0.25, -0.2) is 0 Å². The fourth-order valence-electron chi connectivity index (χ4n) is 3.20. The Hall–Kier alpha value is -0.610. The van der Waals surface area contributed by atoms with Crippen LogP contribution in [0.4, 0.5) is 0 Å². The first-order chi connectivity index (χ1) is 7.70.